The van der Waals surface area contributed by atoms with E-state index >= 15 is 0 Å². The first kappa shape index (κ1) is 23.5. The topological polar surface area (TPSA) is 84.7 Å². The van der Waals surface area contributed by atoms with Crippen molar-refractivity contribution in [1.82, 2.24) is 14.5 Å². The summed E-state index contributed by atoms with van der Waals surface area (Å²) in [5.74, 6) is -1.89. The number of carbonyl (C=O) groups is 2. The predicted octanol–water partition coefficient (Wildman–Crippen LogP) is 4.59. The molecule has 0 spiro atoms. The smallest absolute Gasteiger partial charge is 0.295 e. The number of carbonyl (C=O) groups excluding carboxylic acids is 2. The summed E-state index contributed by atoms with van der Waals surface area (Å²) < 4.78 is 20.9. The van der Waals surface area contributed by atoms with Crippen LogP contribution < -0.4 is 4.74 Å². The summed E-state index contributed by atoms with van der Waals surface area (Å²) in [5.41, 5.74) is 0.721. The molecule has 7 nitrogen and oxygen atoms in total. The summed E-state index contributed by atoms with van der Waals surface area (Å²) in [6.07, 6.45) is 5.69. The average Bonchev–Trinajstić information content (AvgIpc) is 3.43. The second-order valence-electron chi connectivity index (χ2n) is 7.78. The molecule has 1 N–H and O–H groups in total. The number of rotatable bonds is 8. The lowest BCUT2D eigenvalue weighted by molar-refractivity contribution is -0.139. The fraction of sp³-hybridized carbons (Fsp3) is 0.240. The van der Waals surface area contributed by atoms with Crippen LogP contribution in [-0.4, -0.2) is 44.4 Å². The van der Waals surface area contributed by atoms with Crippen molar-refractivity contribution in [1.29, 1.82) is 0 Å². The zero-order chi connectivity index (χ0) is 24.2. The highest BCUT2D eigenvalue weighted by Gasteiger charge is 2.45. The summed E-state index contributed by atoms with van der Waals surface area (Å²) >= 11 is 6.27. The average molecular weight is 484 g/mol. The Morgan fingerprint density at radius 2 is 1.94 bits per heavy atom. The van der Waals surface area contributed by atoms with Gasteiger partial charge in [0.05, 0.1) is 29.6 Å². The van der Waals surface area contributed by atoms with Crippen molar-refractivity contribution in [3.05, 3.63) is 88.7 Å². The van der Waals surface area contributed by atoms with Crippen LogP contribution in [0.15, 0.2) is 66.8 Å². The van der Waals surface area contributed by atoms with E-state index in [1.165, 1.54) is 35.2 Å². The summed E-state index contributed by atoms with van der Waals surface area (Å²) in [4.78, 5) is 31.5. The molecule has 1 unspecified atom stereocenters. The van der Waals surface area contributed by atoms with E-state index in [1.54, 1.807) is 30.9 Å². The van der Waals surface area contributed by atoms with Gasteiger partial charge in [-0.05, 0) is 49.2 Å². The summed E-state index contributed by atoms with van der Waals surface area (Å²) in [7, 11) is 0. The van der Waals surface area contributed by atoms with Gasteiger partial charge in [0.25, 0.3) is 11.7 Å². The van der Waals surface area contributed by atoms with Crippen LogP contribution in [0.3, 0.4) is 0 Å². The summed E-state index contributed by atoms with van der Waals surface area (Å²) in [5, 5.41) is 11.4. The molecule has 1 aromatic heterocycles. The minimum Gasteiger partial charge on any atom is -0.507 e. The van der Waals surface area contributed by atoms with Crippen LogP contribution in [0.5, 0.6) is 5.75 Å². The van der Waals surface area contributed by atoms with E-state index in [0.29, 0.717) is 30.9 Å². The van der Waals surface area contributed by atoms with E-state index in [9.17, 15) is 19.1 Å². The fourth-order valence-electron chi connectivity index (χ4n) is 4.02. The van der Waals surface area contributed by atoms with E-state index in [4.69, 9.17) is 16.3 Å². The molecule has 2 heterocycles. The Bertz CT molecular complexity index is 1230. The number of amides is 1. The first-order chi connectivity index (χ1) is 16.4. The third-order valence-electron chi connectivity index (χ3n) is 5.61. The van der Waals surface area contributed by atoms with Crippen molar-refractivity contribution < 1.29 is 23.8 Å². The summed E-state index contributed by atoms with van der Waals surface area (Å²) in [6.45, 7) is 3.08. The number of aliphatic hydroxyl groups excluding tert-OH is 1. The van der Waals surface area contributed by atoms with Gasteiger partial charge in [-0.15, -0.1) is 0 Å². The normalized spacial score (nSPS) is 17.4. The van der Waals surface area contributed by atoms with E-state index in [-0.39, 0.29) is 28.5 Å². The van der Waals surface area contributed by atoms with Gasteiger partial charge in [-0.25, -0.2) is 9.37 Å². The van der Waals surface area contributed by atoms with Crippen LogP contribution in [0.25, 0.3) is 5.76 Å². The maximum atomic E-state index is 13.6. The minimum absolute atomic E-state index is 0.0699. The SMILES string of the molecule is CCOc1ccc(C(O)=C2C(=O)C(=O)N(CCCn3ccnc3)C2c2ccc(F)cc2)cc1Cl. The van der Waals surface area contributed by atoms with Crippen molar-refractivity contribution in [2.75, 3.05) is 13.2 Å². The highest BCUT2D eigenvalue weighted by Crippen LogP contribution is 2.40. The lowest BCUT2D eigenvalue weighted by Gasteiger charge is -2.25. The summed E-state index contributed by atoms with van der Waals surface area (Å²) in [6, 6.07) is 9.31. The molecule has 2 aromatic carbocycles. The molecule has 9 heteroatoms. The third-order valence-corrected chi connectivity index (χ3v) is 5.90. The number of benzene rings is 2. The second-order valence-corrected chi connectivity index (χ2v) is 8.18. The van der Waals surface area contributed by atoms with E-state index < -0.39 is 23.5 Å². The molecule has 0 saturated carbocycles. The van der Waals surface area contributed by atoms with Gasteiger partial charge in [0.2, 0.25) is 0 Å². The quantitative estimate of drug-likeness (QED) is 0.288. The Kier molecular flexibility index (Phi) is 6.98. The zero-order valence-corrected chi connectivity index (χ0v) is 19.2. The van der Waals surface area contributed by atoms with E-state index in [0.717, 1.165) is 0 Å². The van der Waals surface area contributed by atoms with Crippen molar-refractivity contribution in [2.24, 2.45) is 0 Å². The molecular weight excluding hydrogens is 461 g/mol. The number of aromatic nitrogens is 2. The van der Waals surface area contributed by atoms with Crippen molar-refractivity contribution in [3.8, 4) is 5.75 Å². The van der Waals surface area contributed by atoms with Gasteiger partial charge < -0.3 is 19.3 Å². The number of imidazole rings is 1. The highest BCUT2D eigenvalue weighted by molar-refractivity contribution is 6.46. The molecule has 1 fully saturated rings. The number of Topliss-reactive ketones (excluding diaryl/α,β-unsaturated/α-hetero) is 1. The number of aryl methyl sites for hydroxylation is 1. The number of hydrogen-bond donors (Lipinski definition) is 1. The van der Waals surface area contributed by atoms with Gasteiger partial charge in [-0.3, -0.25) is 9.59 Å². The largest absolute Gasteiger partial charge is 0.507 e. The van der Waals surface area contributed by atoms with Crippen molar-refractivity contribution in [2.45, 2.75) is 25.9 Å². The lowest BCUT2D eigenvalue weighted by Crippen LogP contribution is -2.31. The number of aliphatic hydroxyl groups is 1. The van der Waals surface area contributed by atoms with Gasteiger partial charge in [-0.2, -0.15) is 0 Å². The molecule has 4 rings (SSSR count). The number of ketones is 1. The molecule has 1 aliphatic heterocycles. The van der Waals surface area contributed by atoms with Crippen molar-refractivity contribution in [3.63, 3.8) is 0 Å². The monoisotopic (exact) mass is 483 g/mol. The number of likely N-dealkylation sites (tertiary alicyclic amines) is 1. The molecule has 176 valence electrons. The first-order valence-corrected chi connectivity index (χ1v) is 11.2. The van der Waals surface area contributed by atoms with Gasteiger partial charge in [-0.1, -0.05) is 23.7 Å². The maximum absolute atomic E-state index is 13.6. The Morgan fingerprint density at radius 3 is 2.59 bits per heavy atom. The molecule has 1 saturated heterocycles. The maximum Gasteiger partial charge on any atom is 0.295 e. The number of nitrogens with zero attached hydrogens (tertiary/aromatic N) is 3. The van der Waals surface area contributed by atoms with Gasteiger partial charge in [0.1, 0.15) is 17.3 Å². The number of hydrogen-bond acceptors (Lipinski definition) is 5. The van der Waals surface area contributed by atoms with Gasteiger partial charge in [0.15, 0.2) is 0 Å². The molecule has 34 heavy (non-hydrogen) atoms. The molecule has 1 atom stereocenters. The molecule has 0 radical (unpaired) electrons. The number of ether oxygens (including phenoxy) is 1. The fourth-order valence-corrected chi connectivity index (χ4v) is 4.26. The van der Waals surface area contributed by atoms with Crippen LogP contribution in [0, 0.1) is 5.82 Å². The minimum atomic E-state index is -0.867. The molecule has 0 aliphatic carbocycles. The first-order valence-electron chi connectivity index (χ1n) is 10.8. The van der Waals surface area contributed by atoms with Crippen LogP contribution in [0.2, 0.25) is 5.02 Å². The van der Waals surface area contributed by atoms with Crippen LogP contribution in [0.4, 0.5) is 4.39 Å². The van der Waals surface area contributed by atoms with Crippen LogP contribution in [-0.2, 0) is 16.1 Å². The van der Waals surface area contributed by atoms with E-state index in [2.05, 4.69) is 4.98 Å². The standard InChI is InChI=1S/C25H23ClFN3O4/c1-2-34-20-9-6-17(14-19(20)26)23(31)21-22(16-4-7-18(27)8-5-16)30(25(33)24(21)32)12-3-11-29-13-10-28-15-29/h4-10,13-15,22,31H,2-3,11-12H2,1H3. The van der Waals surface area contributed by atoms with Crippen molar-refractivity contribution >= 4 is 29.1 Å². The van der Waals surface area contributed by atoms with Gasteiger partial charge >= 0.3 is 0 Å². The van der Waals surface area contributed by atoms with E-state index in [1.807, 2.05) is 11.5 Å². The second kappa shape index (κ2) is 10.1. The Balaban J connectivity index is 1.73. The highest BCUT2D eigenvalue weighted by atomic mass is 35.5. The molecule has 1 amide bonds. The van der Waals surface area contributed by atoms with Crippen LogP contribution in [0.1, 0.15) is 30.5 Å². The van der Waals surface area contributed by atoms with Crippen LogP contribution >= 0.6 is 11.6 Å². The Labute approximate surface area is 201 Å². The number of halogens is 2. The molecular formula is C25H23ClFN3O4. The Morgan fingerprint density at radius 1 is 1.18 bits per heavy atom. The molecule has 1 aliphatic rings. The molecule has 0 bridgehead atoms. The predicted molar refractivity (Wildman–Crippen MR) is 125 cm³/mol. The molecule has 3 aromatic rings. The Hall–Kier alpha value is -3.65. The lowest BCUT2D eigenvalue weighted by atomic mass is 9.95. The zero-order valence-electron chi connectivity index (χ0n) is 18.4. The van der Waals surface area contributed by atoms with Gasteiger partial charge in [0, 0.05) is 31.0 Å². The third kappa shape index (κ3) is 4.68.